The molecule has 1 amide bonds. The first-order valence-corrected chi connectivity index (χ1v) is 9.73. The summed E-state index contributed by atoms with van der Waals surface area (Å²) in [5.74, 6) is -0.0830. The van der Waals surface area contributed by atoms with Crippen LogP contribution in [0.15, 0.2) is 60.7 Å². The molecule has 6 heteroatoms. The minimum atomic E-state index is -0.0830. The molecule has 2 aromatic heterocycles. The molecule has 0 saturated heterocycles. The van der Waals surface area contributed by atoms with Gasteiger partial charge < -0.3 is 0 Å². The summed E-state index contributed by atoms with van der Waals surface area (Å²) in [5, 5.41) is 5.13. The quantitative estimate of drug-likeness (QED) is 0.509. The van der Waals surface area contributed by atoms with Crippen molar-refractivity contribution >= 4 is 32.6 Å². The van der Waals surface area contributed by atoms with E-state index >= 15 is 0 Å². The van der Waals surface area contributed by atoms with Gasteiger partial charge in [0, 0.05) is 6.54 Å². The number of fused-ring (bicyclic) bond motifs is 1. The smallest absolute Gasteiger partial charge is 0.278 e. The molecule has 0 aliphatic heterocycles. The van der Waals surface area contributed by atoms with Crippen molar-refractivity contribution in [2.75, 3.05) is 4.90 Å². The van der Waals surface area contributed by atoms with Crippen molar-refractivity contribution in [2.24, 2.45) is 0 Å². The van der Waals surface area contributed by atoms with Crippen LogP contribution in [0.4, 0.5) is 5.13 Å². The summed E-state index contributed by atoms with van der Waals surface area (Å²) in [6.07, 6.45) is 0. The largest absolute Gasteiger partial charge is 0.278 e. The summed E-state index contributed by atoms with van der Waals surface area (Å²) in [5.41, 5.74) is 3.39. The fourth-order valence-electron chi connectivity index (χ4n) is 3.06. The number of anilines is 1. The Morgan fingerprint density at radius 1 is 1.11 bits per heavy atom. The van der Waals surface area contributed by atoms with Gasteiger partial charge in [0.2, 0.25) is 0 Å². The lowest BCUT2D eigenvalue weighted by atomic mass is 10.2. The number of hydrogen-bond acceptors (Lipinski definition) is 4. The number of hydrogen-bond donors (Lipinski definition) is 0. The minimum absolute atomic E-state index is 0.0830. The zero-order chi connectivity index (χ0) is 18.8. The molecule has 0 atom stereocenters. The second-order valence-corrected chi connectivity index (χ2v) is 7.34. The molecule has 5 nitrogen and oxygen atoms in total. The number of rotatable bonds is 5. The molecule has 0 aliphatic carbocycles. The third-order valence-electron chi connectivity index (χ3n) is 4.36. The van der Waals surface area contributed by atoms with Gasteiger partial charge in [-0.2, -0.15) is 5.10 Å². The van der Waals surface area contributed by atoms with Gasteiger partial charge in [0.1, 0.15) is 5.69 Å². The van der Waals surface area contributed by atoms with E-state index in [-0.39, 0.29) is 5.91 Å². The third-order valence-corrected chi connectivity index (χ3v) is 5.42. The number of aryl methyl sites for hydroxylation is 2. The second kappa shape index (κ2) is 7.32. The maximum atomic E-state index is 13.5. The normalized spacial score (nSPS) is 11.0. The minimum Gasteiger partial charge on any atom is -0.278 e. The first kappa shape index (κ1) is 17.4. The number of benzene rings is 2. The lowest BCUT2D eigenvalue weighted by Gasteiger charge is -2.20. The maximum Gasteiger partial charge on any atom is 0.278 e. The van der Waals surface area contributed by atoms with Crippen LogP contribution < -0.4 is 4.90 Å². The Morgan fingerprint density at radius 2 is 1.85 bits per heavy atom. The molecule has 0 bridgehead atoms. The van der Waals surface area contributed by atoms with E-state index in [0.29, 0.717) is 23.9 Å². The summed E-state index contributed by atoms with van der Waals surface area (Å²) in [6.45, 7) is 5.01. The van der Waals surface area contributed by atoms with Crippen molar-refractivity contribution < 1.29 is 4.79 Å². The first-order valence-electron chi connectivity index (χ1n) is 8.91. The van der Waals surface area contributed by atoms with Crippen LogP contribution in [-0.4, -0.2) is 20.7 Å². The highest BCUT2D eigenvalue weighted by Gasteiger charge is 2.24. The van der Waals surface area contributed by atoms with Gasteiger partial charge in [-0.05, 0) is 37.6 Å². The molecule has 0 N–H and O–H groups in total. The molecule has 136 valence electrons. The zero-order valence-corrected chi connectivity index (χ0v) is 16.1. The molecular weight excluding hydrogens is 356 g/mol. The topological polar surface area (TPSA) is 51.0 Å². The van der Waals surface area contributed by atoms with Gasteiger partial charge in [-0.1, -0.05) is 53.8 Å². The van der Waals surface area contributed by atoms with E-state index in [1.165, 1.54) is 11.3 Å². The molecule has 0 fully saturated rings. The average Bonchev–Trinajstić information content (AvgIpc) is 3.29. The number of amides is 1. The monoisotopic (exact) mass is 376 g/mol. The number of thiazole rings is 1. The van der Waals surface area contributed by atoms with Crippen LogP contribution in [0.3, 0.4) is 0 Å². The van der Waals surface area contributed by atoms with Crippen LogP contribution in [0.1, 0.15) is 28.7 Å². The SMILES string of the molecule is CCn1nc(C)cc1C(=O)N(Cc1ccccc1)c1nc2ccccc2s1. The van der Waals surface area contributed by atoms with Crippen LogP contribution in [0.2, 0.25) is 0 Å². The van der Waals surface area contributed by atoms with E-state index in [4.69, 9.17) is 4.98 Å². The van der Waals surface area contributed by atoms with E-state index in [1.54, 1.807) is 9.58 Å². The van der Waals surface area contributed by atoms with Gasteiger partial charge in [0.05, 0.1) is 22.5 Å². The number of carbonyl (C=O) groups excluding carboxylic acids is 1. The highest BCUT2D eigenvalue weighted by Crippen LogP contribution is 2.30. The summed E-state index contributed by atoms with van der Waals surface area (Å²) in [6, 6.07) is 19.8. The van der Waals surface area contributed by atoms with Gasteiger partial charge in [-0.15, -0.1) is 0 Å². The third kappa shape index (κ3) is 3.48. The van der Waals surface area contributed by atoms with Gasteiger partial charge in [-0.3, -0.25) is 14.4 Å². The van der Waals surface area contributed by atoms with Crippen molar-refractivity contribution in [1.82, 2.24) is 14.8 Å². The second-order valence-electron chi connectivity index (χ2n) is 6.33. The Bertz CT molecular complexity index is 1050. The highest BCUT2D eigenvalue weighted by atomic mass is 32.1. The molecule has 0 radical (unpaired) electrons. The Labute approximate surface area is 161 Å². The Morgan fingerprint density at radius 3 is 2.59 bits per heavy atom. The summed E-state index contributed by atoms with van der Waals surface area (Å²) in [7, 11) is 0. The first-order chi connectivity index (χ1) is 13.2. The Balaban J connectivity index is 1.78. The van der Waals surface area contributed by atoms with E-state index in [2.05, 4.69) is 5.10 Å². The molecule has 0 saturated carbocycles. The average molecular weight is 376 g/mol. The molecule has 4 rings (SSSR count). The van der Waals surface area contributed by atoms with E-state index < -0.39 is 0 Å². The van der Waals surface area contributed by atoms with Crippen molar-refractivity contribution in [1.29, 1.82) is 0 Å². The predicted molar refractivity (Wildman–Crippen MR) is 109 cm³/mol. The lowest BCUT2D eigenvalue weighted by molar-refractivity contribution is 0.0975. The maximum absolute atomic E-state index is 13.5. The fraction of sp³-hybridized carbons (Fsp3) is 0.190. The van der Waals surface area contributed by atoms with Crippen molar-refractivity contribution in [3.05, 3.63) is 77.6 Å². The van der Waals surface area contributed by atoms with E-state index in [9.17, 15) is 4.79 Å². The summed E-state index contributed by atoms with van der Waals surface area (Å²) < 4.78 is 2.82. The Hall–Kier alpha value is -2.99. The molecule has 27 heavy (non-hydrogen) atoms. The van der Waals surface area contributed by atoms with Crippen molar-refractivity contribution in [3.63, 3.8) is 0 Å². The fourth-order valence-corrected chi connectivity index (χ4v) is 4.03. The van der Waals surface area contributed by atoms with Crippen LogP contribution in [-0.2, 0) is 13.1 Å². The number of aromatic nitrogens is 3. The molecule has 0 aliphatic rings. The van der Waals surface area contributed by atoms with Gasteiger partial charge in [0.15, 0.2) is 5.13 Å². The summed E-state index contributed by atoms with van der Waals surface area (Å²) in [4.78, 5) is 19.9. The molecule has 0 unspecified atom stereocenters. The van der Waals surface area contributed by atoms with E-state index in [1.807, 2.05) is 74.5 Å². The van der Waals surface area contributed by atoms with E-state index in [0.717, 1.165) is 21.5 Å². The molecule has 4 aromatic rings. The number of carbonyl (C=O) groups is 1. The zero-order valence-electron chi connectivity index (χ0n) is 15.3. The van der Waals surface area contributed by atoms with Crippen LogP contribution in [0.5, 0.6) is 0 Å². The highest BCUT2D eigenvalue weighted by molar-refractivity contribution is 7.22. The number of para-hydroxylation sites is 1. The van der Waals surface area contributed by atoms with Crippen molar-refractivity contribution in [3.8, 4) is 0 Å². The van der Waals surface area contributed by atoms with Crippen LogP contribution in [0.25, 0.3) is 10.2 Å². The Kier molecular flexibility index (Phi) is 4.73. The van der Waals surface area contributed by atoms with Crippen LogP contribution >= 0.6 is 11.3 Å². The molecule has 0 spiro atoms. The van der Waals surface area contributed by atoms with Crippen molar-refractivity contribution in [2.45, 2.75) is 26.9 Å². The van der Waals surface area contributed by atoms with Gasteiger partial charge in [0.25, 0.3) is 5.91 Å². The van der Waals surface area contributed by atoms with Crippen LogP contribution in [0, 0.1) is 6.92 Å². The standard InChI is InChI=1S/C21H20N4OS/c1-3-25-18(13-15(2)23-25)20(26)24(14-16-9-5-4-6-10-16)21-22-17-11-7-8-12-19(17)27-21/h4-13H,3,14H2,1-2H3. The van der Waals surface area contributed by atoms with Gasteiger partial charge in [-0.25, -0.2) is 4.98 Å². The number of nitrogens with zero attached hydrogens (tertiary/aromatic N) is 4. The molecule has 2 heterocycles. The predicted octanol–water partition coefficient (Wildman–Crippen LogP) is 4.67. The molecule has 2 aromatic carbocycles. The van der Waals surface area contributed by atoms with Gasteiger partial charge >= 0.3 is 0 Å². The lowest BCUT2D eigenvalue weighted by Crippen LogP contribution is -2.32. The molecular formula is C21H20N4OS. The summed E-state index contributed by atoms with van der Waals surface area (Å²) >= 11 is 1.53.